The van der Waals surface area contributed by atoms with Gasteiger partial charge in [-0.1, -0.05) is 66.7 Å². The number of likely N-dealkylation sites (tertiary alicyclic amines) is 1. The predicted octanol–water partition coefficient (Wildman–Crippen LogP) is 5.11. The zero-order valence-electron chi connectivity index (χ0n) is 17.7. The van der Waals surface area contributed by atoms with Crippen molar-refractivity contribution < 1.29 is 14.6 Å². The maximum Gasteiger partial charge on any atom is 0.354 e. The lowest BCUT2D eigenvalue weighted by atomic mass is 9.99. The van der Waals surface area contributed by atoms with E-state index in [9.17, 15) is 9.90 Å². The molecule has 2 heterocycles. The summed E-state index contributed by atoms with van der Waals surface area (Å²) in [6.07, 6.45) is 1.95. The first kappa shape index (κ1) is 21.2. The number of hydrogen-bond donors (Lipinski definition) is 1. The van der Waals surface area contributed by atoms with E-state index in [1.54, 1.807) is 6.07 Å². The lowest BCUT2D eigenvalue weighted by Gasteiger charge is -2.37. The zero-order chi connectivity index (χ0) is 21.6. The van der Waals surface area contributed by atoms with Gasteiger partial charge in [-0.05, 0) is 43.0 Å². The Hall–Kier alpha value is -3.02. The molecule has 5 heteroatoms. The fourth-order valence-electron chi connectivity index (χ4n) is 4.19. The van der Waals surface area contributed by atoms with Crippen LogP contribution in [0.15, 0.2) is 78.9 Å². The van der Waals surface area contributed by atoms with Crippen LogP contribution in [0.25, 0.3) is 0 Å². The number of aromatic carboxylic acids is 1. The summed E-state index contributed by atoms with van der Waals surface area (Å²) in [6, 6.07) is 26.0. The minimum Gasteiger partial charge on any atom is -0.477 e. The van der Waals surface area contributed by atoms with Crippen molar-refractivity contribution >= 4 is 5.97 Å². The van der Waals surface area contributed by atoms with Crippen molar-refractivity contribution in [2.45, 2.75) is 38.0 Å². The third kappa shape index (κ3) is 5.19. The number of carbonyl (C=O) groups is 1. The van der Waals surface area contributed by atoms with Crippen molar-refractivity contribution in [1.82, 2.24) is 9.88 Å². The summed E-state index contributed by atoms with van der Waals surface area (Å²) >= 11 is 0. The molecule has 1 unspecified atom stereocenters. The van der Waals surface area contributed by atoms with Gasteiger partial charge in [0.1, 0.15) is 11.8 Å². The second kappa shape index (κ2) is 9.86. The Bertz CT molecular complexity index is 946. The Morgan fingerprint density at radius 1 is 0.935 bits per heavy atom. The second-order valence-electron chi connectivity index (χ2n) is 8.00. The van der Waals surface area contributed by atoms with Crippen LogP contribution in [0.3, 0.4) is 0 Å². The molecule has 5 nitrogen and oxygen atoms in total. The van der Waals surface area contributed by atoms with E-state index in [4.69, 9.17) is 4.74 Å². The minimum atomic E-state index is -0.992. The van der Waals surface area contributed by atoms with Gasteiger partial charge in [-0.3, -0.25) is 4.90 Å². The summed E-state index contributed by atoms with van der Waals surface area (Å²) < 4.78 is 6.63. The first-order valence-electron chi connectivity index (χ1n) is 10.8. The molecule has 0 spiro atoms. The van der Waals surface area contributed by atoms with Crippen molar-refractivity contribution in [1.29, 1.82) is 0 Å². The van der Waals surface area contributed by atoms with Gasteiger partial charge < -0.3 is 9.84 Å². The molecule has 1 aliphatic rings. The normalized spacial score (nSPS) is 16.3. The lowest BCUT2D eigenvalue weighted by Crippen LogP contribution is -2.39. The molecular weight excluding hydrogens is 388 g/mol. The molecule has 1 aromatic heterocycles. The number of nitrogens with zero attached hydrogens (tertiary/aromatic N) is 2. The van der Waals surface area contributed by atoms with Crippen LogP contribution >= 0.6 is 0 Å². The number of pyridine rings is 1. The summed E-state index contributed by atoms with van der Waals surface area (Å²) in [5.41, 5.74) is 3.22. The molecule has 1 atom stereocenters. The Balaban J connectivity index is 1.42. The average Bonchev–Trinajstić information content (AvgIpc) is 2.83. The number of carboxylic acid groups (broad SMARTS) is 1. The van der Waals surface area contributed by atoms with Crippen LogP contribution < -0.4 is 0 Å². The van der Waals surface area contributed by atoms with Gasteiger partial charge in [0.05, 0.1) is 11.8 Å². The maximum atomic E-state index is 11.2. The minimum absolute atomic E-state index is 0.0688. The fraction of sp³-hybridized carbons (Fsp3) is 0.308. The van der Waals surface area contributed by atoms with Gasteiger partial charge in [0.15, 0.2) is 0 Å². The highest BCUT2D eigenvalue weighted by Gasteiger charge is 2.27. The number of hydrogen-bond acceptors (Lipinski definition) is 4. The summed E-state index contributed by atoms with van der Waals surface area (Å²) in [6.45, 7) is 3.87. The Labute approximate surface area is 183 Å². The number of carboxylic acids is 1. The van der Waals surface area contributed by atoms with Crippen LogP contribution in [0.4, 0.5) is 0 Å². The first-order chi connectivity index (χ1) is 15.1. The van der Waals surface area contributed by atoms with Gasteiger partial charge in [0, 0.05) is 19.1 Å². The van der Waals surface area contributed by atoms with Crippen molar-refractivity contribution in [2.24, 2.45) is 0 Å². The highest BCUT2D eigenvalue weighted by Crippen LogP contribution is 2.31. The molecule has 2 aromatic carbocycles. The van der Waals surface area contributed by atoms with E-state index in [2.05, 4.69) is 65.3 Å². The quantitative estimate of drug-likeness (QED) is 0.580. The van der Waals surface area contributed by atoms with Crippen molar-refractivity contribution in [3.63, 3.8) is 0 Å². The molecule has 4 rings (SSSR count). The van der Waals surface area contributed by atoms with Crippen molar-refractivity contribution in [3.05, 3.63) is 101 Å². The van der Waals surface area contributed by atoms with E-state index in [0.29, 0.717) is 0 Å². The monoisotopic (exact) mass is 416 g/mol. The van der Waals surface area contributed by atoms with Crippen molar-refractivity contribution in [2.75, 3.05) is 13.1 Å². The molecule has 0 bridgehead atoms. The molecule has 0 radical (unpaired) electrons. The smallest absolute Gasteiger partial charge is 0.354 e. The third-order valence-corrected chi connectivity index (χ3v) is 5.98. The van der Waals surface area contributed by atoms with Crippen LogP contribution in [-0.2, 0) is 4.74 Å². The molecule has 1 N–H and O–H groups in total. The van der Waals surface area contributed by atoms with E-state index in [1.807, 2.05) is 18.2 Å². The van der Waals surface area contributed by atoms with Crippen molar-refractivity contribution in [3.8, 4) is 0 Å². The molecule has 0 saturated carbocycles. The van der Waals surface area contributed by atoms with Crippen LogP contribution in [0, 0.1) is 0 Å². The molecule has 0 amide bonds. The SMILES string of the molecule is CC(c1cccc(C(=O)O)n1)N1CCC(OC(c2ccccc2)c2ccccc2)CC1. The van der Waals surface area contributed by atoms with Gasteiger partial charge in [0.2, 0.25) is 0 Å². The molecule has 160 valence electrons. The van der Waals surface area contributed by atoms with E-state index in [1.165, 1.54) is 17.2 Å². The summed E-state index contributed by atoms with van der Waals surface area (Å²) in [5.74, 6) is -0.992. The number of benzene rings is 2. The molecule has 1 saturated heterocycles. The van der Waals surface area contributed by atoms with Crippen LogP contribution in [-0.4, -0.2) is 40.2 Å². The van der Waals surface area contributed by atoms with Gasteiger partial charge in [-0.15, -0.1) is 0 Å². The fourth-order valence-corrected chi connectivity index (χ4v) is 4.19. The predicted molar refractivity (Wildman–Crippen MR) is 120 cm³/mol. The average molecular weight is 417 g/mol. The van der Waals surface area contributed by atoms with Gasteiger partial charge in [-0.2, -0.15) is 0 Å². The third-order valence-electron chi connectivity index (χ3n) is 5.98. The molecule has 31 heavy (non-hydrogen) atoms. The van der Waals surface area contributed by atoms with Gasteiger partial charge in [0.25, 0.3) is 0 Å². The summed E-state index contributed by atoms with van der Waals surface area (Å²) in [4.78, 5) is 17.9. The molecule has 1 fully saturated rings. The highest BCUT2D eigenvalue weighted by molar-refractivity contribution is 5.85. The molecular formula is C26H28N2O3. The molecule has 3 aromatic rings. The summed E-state index contributed by atoms with van der Waals surface area (Å²) in [7, 11) is 0. The Kier molecular flexibility index (Phi) is 6.75. The van der Waals surface area contributed by atoms with Crippen LogP contribution in [0.5, 0.6) is 0 Å². The van der Waals surface area contributed by atoms with Gasteiger partial charge >= 0.3 is 5.97 Å². The number of rotatable bonds is 7. The number of ether oxygens (including phenoxy) is 1. The second-order valence-corrected chi connectivity index (χ2v) is 8.00. The standard InChI is InChI=1S/C26H28N2O3/c1-19(23-13-8-14-24(27-23)26(29)30)28-17-15-22(16-18-28)31-25(20-9-4-2-5-10-20)21-11-6-3-7-12-21/h2-14,19,22,25H,15-18H2,1H3,(H,29,30). The van der Waals surface area contributed by atoms with Crippen LogP contribution in [0.1, 0.15) is 59.2 Å². The van der Waals surface area contributed by atoms with Crippen LogP contribution in [0.2, 0.25) is 0 Å². The van der Waals surface area contributed by atoms with E-state index in [-0.39, 0.29) is 23.9 Å². The van der Waals surface area contributed by atoms with E-state index < -0.39 is 5.97 Å². The van der Waals surface area contributed by atoms with E-state index in [0.717, 1.165) is 31.6 Å². The van der Waals surface area contributed by atoms with E-state index >= 15 is 0 Å². The Morgan fingerprint density at radius 2 is 1.52 bits per heavy atom. The molecule has 1 aliphatic heterocycles. The number of aromatic nitrogens is 1. The molecule has 0 aliphatic carbocycles. The first-order valence-corrected chi connectivity index (χ1v) is 10.8. The lowest BCUT2D eigenvalue weighted by molar-refractivity contribution is -0.0328. The highest BCUT2D eigenvalue weighted by atomic mass is 16.5. The van der Waals surface area contributed by atoms with Gasteiger partial charge in [-0.25, -0.2) is 9.78 Å². The topological polar surface area (TPSA) is 62.7 Å². The Morgan fingerprint density at radius 3 is 2.06 bits per heavy atom. The summed E-state index contributed by atoms with van der Waals surface area (Å²) in [5, 5.41) is 9.22. The zero-order valence-corrected chi connectivity index (χ0v) is 17.7. The number of piperidine rings is 1. The maximum absolute atomic E-state index is 11.2. The largest absolute Gasteiger partial charge is 0.477 e.